The van der Waals surface area contributed by atoms with Crippen LogP contribution in [0, 0.1) is 23.7 Å². The summed E-state index contributed by atoms with van der Waals surface area (Å²) in [6.45, 7) is 9.52. The van der Waals surface area contributed by atoms with E-state index in [4.69, 9.17) is 24.7 Å². The number of hydrogen-bond acceptors (Lipinski definition) is 7. The van der Waals surface area contributed by atoms with Gasteiger partial charge in [-0.05, 0) is 79.0 Å². The first kappa shape index (κ1) is 33.4. The Morgan fingerprint density at radius 2 is 1.60 bits per heavy atom. The lowest BCUT2D eigenvalue weighted by Gasteiger charge is -2.30. The number of carbonyl (C=O) groups is 1. The maximum absolute atomic E-state index is 13.1. The Bertz CT molecular complexity index is 1010. The molecule has 1 amide bonds. The van der Waals surface area contributed by atoms with Gasteiger partial charge in [0.05, 0.1) is 26.9 Å². The number of nitrogens with one attached hydrogen (secondary N) is 1. The predicted molar refractivity (Wildman–Crippen MR) is 160 cm³/mol. The molecule has 4 atom stereocenters. The first-order chi connectivity index (χ1) is 19.1. The van der Waals surface area contributed by atoms with Gasteiger partial charge in [0.2, 0.25) is 5.91 Å². The summed E-state index contributed by atoms with van der Waals surface area (Å²) >= 11 is 0. The van der Waals surface area contributed by atoms with Crippen molar-refractivity contribution in [2.24, 2.45) is 29.4 Å². The van der Waals surface area contributed by atoms with E-state index in [0.717, 1.165) is 24.2 Å². The Hall–Kier alpha value is -2.81. The zero-order chi connectivity index (χ0) is 29.7. The predicted octanol–water partition coefficient (Wildman–Crippen LogP) is 5.31. The summed E-state index contributed by atoms with van der Waals surface area (Å²) < 4.78 is 21.7. The normalized spacial score (nSPS) is 14.5. The molecule has 0 fully saturated rings. The van der Waals surface area contributed by atoms with Crippen LogP contribution in [0.15, 0.2) is 42.5 Å². The number of aliphatic hydroxyl groups excluding tert-OH is 1. The fraction of sp³-hybridized carbons (Fsp3) is 0.594. The molecule has 0 aliphatic carbocycles. The van der Waals surface area contributed by atoms with Gasteiger partial charge >= 0.3 is 0 Å². The Kier molecular flexibility index (Phi) is 14.3. The minimum absolute atomic E-state index is 0.0441. The third-order valence-corrected chi connectivity index (χ3v) is 7.48. The zero-order valence-corrected chi connectivity index (χ0v) is 25.3. The van der Waals surface area contributed by atoms with Crippen molar-refractivity contribution in [3.05, 3.63) is 48.0 Å². The highest BCUT2D eigenvalue weighted by atomic mass is 16.5. The second-order valence-electron chi connectivity index (χ2n) is 11.2. The molecule has 2 aromatic rings. The van der Waals surface area contributed by atoms with Crippen LogP contribution in [0.5, 0.6) is 17.2 Å². The number of carbonyl (C=O) groups excluding carboxylic acids is 1. The van der Waals surface area contributed by atoms with Crippen molar-refractivity contribution in [1.82, 2.24) is 0 Å². The van der Waals surface area contributed by atoms with E-state index in [1.807, 2.05) is 26.0 Å². The summed E-state index contributed by atoms with van der Waals surface area (Å²) in [6.07, 6.45) is 1.72. The number of ether oxygens (including phenoxy) is 4. The molecule has 2 aromatic carbocycles. The van der Waals surface area contributed by atoms with Gasteiger partial charge in [-0.15, -0.1) is 0 Å². The summed E-state index contributed by atoms with van der Waals surface area (Å²) in [5.41, 5.74) is 8.38. The van der Waals surface area contributed by atoms with Gasteiger partial charge < -0.3 is 35.1 Å². The summed E-state index contributed by atoms with van der Waals surface area (Å²) in [4.78, 5) is 13.1. The van der Waals surface area contributed by atoms with Crippen LogP contribution in [0.3, 0.4) is 0 Å². The molecular formula is C32H50N2O6. The Morgan fingerprint density at radius 3 is 2.17 bits per heavy atom. The monoisotopic (exact) mass is 558 g/mol. The van der Waals surface area contributed by atoms with Gasteiger partial charge in [-0.2, -0.15) is 0 Å². The largest absolute Gasteiger partial charge is 0.497 e. The highest BCUT2D eigenvalue weighted by Gasteiger charge is 2.30. The molecule has 224 valence electrons. The van der Waals surface area contributed by atoms with E-state index in [9.17, 15) is 9.90 Å². The van der Waals surface area contributed by atoms with Gasteiger partial charge in [-0.3, -0.25) is 4.79 Å². The number of benzene rings is 2. The van der Waals surface area contributed by atoms with Crippen LogP contribution < -0.4 is 25.3 Å². The molecule has 40 heavy (non-hydrogen) atoms. The molecule has 8 nitrogen and oxygen atoms in total. The lowest BCUT2D eigenvalue weighted by Crippen LogP contribution is -2.41. The van der Waals surface area contributed by atoms with Crippen molar-refractivity contribution in [3.63, 3.8) is 0 Å². The summed E-state index contributed by atoms with van der Waals surface area (Å²) in [5, 5.41) is 14.1. The third-order valence-electron chi connectivity index (χ3n) is 7.48. The van der Waals surface area contributed by atoms with Gasteiger partial charge in [0.1, 0.15) is 5.75 Å². The molecule has 0 aromatic heterocycles. The van der Waals surface area contributed by atoms with Gasteiger partial charge in [0.25, 0.3) is 0 Å². The van der Waals surface area contributed by atoms with Crippen molar-refractivity contribution in [3.8, 4) is 17.2 Å². The average molecular weight is 559 g/mol. The zero-order valence-electron chi connectivity index (χ0n) is 25.3. The Balaban J connectivity index is 2.03. The summed E-state index contributed by atoms with van der Waals surface area (Å²) in [5.74, 6) is 2.27. The second-order valence-corrected chi connectivity index (χ2v) is 11.2. The average Bonchev–Trinajstić information content (AvgIpc) is 2.93. The van der Waals surface area contributed by atoms with Crippen LogP contribution in [-0.2, 0) is 16.0 Å². The van der Waals surface area contributed by atoms with Crippen LogP contribution in [-0.4, -0.2) is 57.7 Å². The number of nitrogens with two attached hydrogens (primary N) is 1. The van der Waals surface area contributed by atoms with E-state index < -0.39 is 12.1 Å². The van der Waals surface area contributed by atoms with Crippen molar-refractivity contribution in [2.45, 2.75) is 65.5 Å². The molecule has 0 unspecified atom stereocenters. The molecule has 0 saturated carbocycles. The molecule has 8 heteroatoms. The number of hydrogen-bond donors (Lipinski definition) is 3. The number of anilines is 1. The molecule has 0 spiro atoms. The van der Waals surface area contributed by atoms with Crippen molar-refractivity contribution in [1.29, 1.82) is 0 Å². The lowest BCUT2D eigenvalue weighted by atomic mass is 9.81. The Labute approximate surface area is 240 Å². The van der Waals surface area contributed by atoms with E-state index in [2.05, 4.69) is 25.2 Å². The number of amides is 1. The summed E-state index contributed by atoms with van der Waals surface area (Å²) in [6, 6.07) is 12.8. The molecule has 0 aliphatic heterocycles. The highest BCUT2D eigenvalue weighted by Crippen LogP contribution is 2.32. The van der Waals surface area contributed by atoms with E-state index in [-0.39, 0.29) is 23.7 Å². The minimum Gasteiger partial charge on any atom is -0.497 e. The van der Waals surface area contributed by atoms with Crippen LogP contribution in [0.1, 0.15) is 52.5 Å². The third kappa shape index (κ3) is 10.6. The van der Waals surface area contributed by atoms with Gasteiger partial charge in [0, 0.05) is 37.8 Å². The van der Waals surface area contributed by atoms with Gasteiger partial charge in [-0.25, -0.2) is 0 Å². The van der Waals surface area contributed by atoms with E-state index in [0.29, 0.717) is 49.2 Å². The van der Waals surface area contributed by atoms with E-state index in [1.54, 1.807) is 45.6 Å². The number of rotatable bonds is 18. The van der Waals surface area contributed by atoms with Crippen molar-refractivity contribution >= 4 is 11.6 Å². The quantitative estimate of drug-likeness (QED) is 0.213. The van der Waals surface area contributed by atoms with Crippen LogP contribution in [0.25, 0.3) is 0 Å². The van der Waals surface area contributed by atoms with E-state index >= 15 is 0 Å². The molecule has 0 aliphatic rings. The molecule has 4 N–H and O–H groups in total. The maximum Gasteiger partial charge on any atom is 0.227 e. The fourth-order valence-corrected chi connectivity index (χ4v) is 4.77. The number of aliphatic hydroxyl groups is 1. The lowest BCUT2D eigenvalue weighted by molar-refractivity contribution is -0.122. The first-order valence-electron chi connectivity index (χ1n) is 14.3. The maximum atomic E-state index is 13.1. The van der Waals surface area contributed by atoms with Crippen LogP contribution in [0.2, 0.25) is 0 Å². The molecule has 0 bridgehead atoms. The van der Waals surface area contributed by atoms with Gasteiger partial charge in [0.15, 0.2) is 11.5 Å². The minimum atomic E-state index is -0.800. The highest BCUT2D eigenvalue weighted by molar-refractivity contribution is 5.92. The second kappa shape index (κ2) is 17.1. The van der Waals surface area contributed by atoms with E-state index in [1.165, 1.54) is 0 Å². The SMILES string of the molecule is COCCCOc1cc(C[C@@H](C[C@H](N)[C@@H](O)C[C@H](C(=O)Nc2ccc(OC)cc2)C(C)C)C(C)C)ccc1OC. The van der Waals surface area contributed by atoms with Crippen molar-refractivity contribution < 1.29 is 28.8 Å². The topological polar surface area (TPSA) is 112 Å². The van der Waals surface area contributed by atoms with Crippen LogP contribution in [0.4, 0.5) is 5.69 Å². The molecule has 2 rings (SSSR count). The fourth-order valence-electron chi connectivity index (χ4n) is 4.77. The molecular weight excluding hydrogens is 508 g/mol. The molecule has 0 radical (unpaired) electrons. The standard InChI is InChI=1S/C32H50N2O6/c1-21(2)24(17-23-9-14-30(39-7)31(18-23)40-16-8-15-37-5)19-28(33)29(35)20-27(22(3)4)32(36)34-25-10-12-26(38-6)13-11-25/h9-14,18,21-22,24,27-29,35H,8,15-17,19-20,33H2,1-7H3,(H,34,36)/t24-,27-,28-,29-/m0/s1. The smallest absolute Gasteiger partial charge is 0.227 e. The van der Waals surface area contributed by atoms with Crippen molar-refractivity contribution in [2.75, 3.05) is 39.9 Å². The molecule has 0 saturated heterocycles. The molecule has 0 heterocycles. The number of methoxy groups -OCH3 is 3. The summed E-state index contributed by atoms with van der Waals surface area (Å²) in [7, 11) is 4.91. The first-order valence-corrected chi connectivity index (χ1v) is 14.3. The Morgan fingerprint density at radius 1 is 0.900 bits per heavy atom. The van der Waals surface area contributed by atoms with Gasteiger partial charge in [-0.1, -0.05) is 33.8 Å². The van der Waals surface area contributed by atoms with Crippen LogP contribution >= 0.6 is 0 Å².